The minimum absolute atomic E-state index is 0.0921. The zero-order chi connectivity index (χ0) is 12.3. The van der Waals surface area contributed by atoms with Crippen LogP contribution in [0.1, 0.15) is 10.4 Å². The van der Waals surface area contributed by atoms with Crippen molar-refractivity contribution >= 4 is 18.0 Å². The summed E-state index contributed by atoms with van der Waals surface area (Å²) in [6.07, 6.45) is 2.53. The van der Waals surface area contributed by atoms with E-state index in [0.717, 1.165) is 11.1 Å². The standard InChI is InChI=1S/C14H11FOS/c1-17-13-6-4-10(5-7-13)11-2-3-12(9-16)14(15)8-11/h2-9H,1H3. The molecule has 2 rings (SSSR count). The highest BCUT2D eigenvalue weighted by Gasteiger charge is 2.04. The normalized spacial score (nSPS) is 10.2. The van der Waals surface area contributed by atoms with Gasteiger partial charge < -0.3 is 0 Å². The summed E-state index contributed by atoms with van der Waals surface area (Å²) in [5.74, 6) is -0.480. The number of rotatable bonds is 3. The van der Waals surface area contributed by atoms with E-state index < -0.39 is 5.82 Å². The van der Waals surface area contributed by atoms with Crippen molar-refractivity contribution in [1.29, 1.82) is 0 Å². The first-order valence-corrected chi connectivity index (χ1v) is 6.36. The van der Waals surface area contributed by atoms with E-state index in [1.807, 2.05) is 30.5 Å². The molecule has 17 heavy (non-hydrogen) atoms. The molecular weight excluding hydrogens is 235 g/mol. The van der Waals surface area contributed by atoms with E-state index in [9.17, 15) is 9.18 Å². The van der Waals surface area contributed by atoms with Gasteiger partial charge in [0.15, 0.2) is 6.29 Å². The third-order valence-electron chi connectivity index (χ3n) is 2.55. The second kappa shape index (κ2) is 5.15. The average molecular weight is 246 g/mol. The Morgan fingerprint density at radius 3 is 2.24 bits per heavy atom. The molecule has 0 atom stereocenters. The molecule has 0 saturated heterocycles. The first-order chi connectivity index (χ1) is 8.24. The fourth-order valence-electron chi connectivity index (χ4n) is 1.59. The molecule has 0 spiro atoms. The molecule has 0 aliphatic carbocycles. The van der Waals surface area contributed by atoms with Crippen LogP contribution >= 0.6 is 11.8 Å². The number of hydrogen-bond acceptors (Lipinski definition) is 2. The van der Waals surface area contributed by atoms with E-state index >= 15 is 0 Å². The van der Waals surface area contributed by atoms with E-state index in [0.29, 0.717) is 6.29 Å². The highest BCUT2D eigenvalue weighted by Crippen LogP contribution is 2.24. The van der Waals surface area contributed by atoms with E-state index in [2.05, 4.69) is 0 Å². The first kappa shape index (κ1) is 11.9. The van der Waals surface area contributed by atoms with Gasteiger partial charge in [-0.1, -0.05) is 18.2 Å². The molecular formula is C14H11FOS. The van der Waals surface area contributed by atoms with E-state index in [4.69, 9.17) is 0 Å². The molecule has 0 aliphatic rings. The predicted octanol–water partition coefficient (Wildman–Crippen LogP) is 4.03. The average Bonchev–Trinajstić information content (AvgIpc) is 2.39. The number of carbonyl (C=O) groups excluding carboxylic acids is 1. The monoisotopic (exact) mass is 246 g/mol. The number of aldehydes is 1. The van der Waals surface area contributed by atoms with Gasteiger partial charge in [-0.25, -0.2) is 4.39 Å². The summed E-state index contributed by atoms with van der Waals surface area (Å²) in [7, 11) is 0. The molecule has 3 heteroatoms. The highest BCUT2D eigenvalue weighted by atomic mass is 32.2. The molecule has 0 saturated carbocycles. The fraction of sp³-hybridized carbons (Fsp3) is 0.0714. The predicted molar refractivity (Wildman–Crippen MR) is 69.0 cm³/mol. The summed E-state index contributed by atoms with van der Waals surface area (Å²) in [5.41, 5.74) is 1.81. The van der Waals surface area contributed by atoms with Crippen molar-refractivity contribution in [1.82, 2.24) is 0 Å². The van der Waals surface area contributed by atoms with Crippen LogP contribution < -0.4 is 0 Å². The summed E-state index contributed by atoms with van der Waals surface area (Å²) in [4.78, 5) is 11.7. The van der Waals surface area contributed by atoms with Gasteiger partial charge in [0.25, 0.3) is 0 Å². The van der Waals surface area contributed by atoms with Gasteiger partial charge in [0.2, 0.25) is 0 Å². The number of halogens is 1. The fourth-order valence-corrected chi connectivity index (χ4v) is 1.99. The van der Waals surface area contributed by atoms with Gasteiger partial charge in [0, 0.05) is 4.90 Å². The molecule has 0 radical (unpaired) electrons. The van der Waals surface area contributed by atoms with Crippen LogP contribution in [-0.2, 0) is 0 Å². The Hall–Kier alpha value is -1.61. The lowest BCUT2D eigenvalue weighted by Gasteiger charge is -2.04. The molecule has 0 heterocycles. The van der Waals surface area contributed by atoms with Gasteiger partial charge in [-0.15, -0.1) is 11.8 Å². The highest BCUT2D eigenvalue weighted by molar-refractivity contribution is 7.98. The van der Waals surface area contributed by atoms with Crippen LogP contribution in [0.15, 0.2) is 47.4 Å². The minimum atomic E-state index is -0.480. The summed E-state index contributed by atoms with van der Waals surface area (Å²) < 4.78 is 13.4. The lowest BCUT2D eigenvalue weighted by molar-refractivity contribution is 0.112. The molecule has 0 aromatic heterocycles. The van der Waals surface area contributed by atoms with Crippen LogP contribution in [0.5, 0.6) is 0 Å². The van der Waals surface area contributed by atoms with E-state index in [-0.39, 0.29) is 5.56 Å². The van der Waals surface area contributed by atoms with Crippen molar-refractivity contribution in [2.75, 3.05) is 6.26 Å². The number of carbonyl (C=O) groups is 1. The van der Waals surface area contributed by atoms with Crippen LogP contribution in [0.4, 0.5) is 4.39 Å². The Balaban J connectivity index is 2.38. The van der Waals surface area contributed by atoms with Crippen molar-refractivity contribution in [2.24, 2.45) is 0 Å². The van der Waals surface area contributed by atoms with E-state index in [1.54, 1.807) is 17.8 Å². The van der Waals surface area contributed by atoms with Crippen LogP contribution in [0.25, 0.3) is 11.1 Å². The third-order valence-corrected chi connectivity index (χ3v) is 3.29. The molecule has 0 bridgehead atoms. The van der Waals surface area contributed by atoms with Gasteiger partial charge in [-0.05, 0) is 41.6 Å². The summed E-state index contributed by atoms with van der Waals surface area (Å²) in [6, 6.07) is 12.5. The Kier molecular flexibility index (Phi) is 3.59. The smallest absolute Gasteiger partial charge is 0.152 e. The second-order valence-electron chi connectivity index (χ2n) is 3.58. The van der Waals surface area contributed by atoms with Gasteiger partial charge in [0.1, 0.15) is 5.82 Å². The van der Waals surface area contributed by atoms with Crippen molar-refractivity contribution in [3.8, 4) is 11.1 Å². The van der Waals surface area contributed by atoms with Gasteiger partial charge in [-0.2, -0.15) is 0 Å². The molecule has 0 amide bonds. The zero-order valence-corrected chi connectivity index (χ0v) is 10.1. The molecule has 86 valence electrons. The Bertz CT molecular complexity index is 534. The Morgan fingerprint density at radius 2 is 1.71 bits per heavy atom. The van der Waals surface area contributed by atoms with Crippen molar-refractivity contribution in [3.63, 3.8) is 0 Å². The van der Waals surface area contributed by atoms with Crippen molar-refractivity contribution < 1.29 is 9.18 Å². The lowest BCUT2D eigenvalue weighted by Crippen LogP contribution is -1.88. The van der Waals surface area contributed by atoms with Crippen LogP contribution in [-0.4, -0.2) is 12.5 Å². The first-order valence-electron chi connectivity index (χ1n) is 5.14. The zero-order valence-electron chi connectivity index (χ0n) is 9.31. The molecule has 0 N–H and O–H groups in total. The maximum atomic E-state index is 13.4. The maximum Gasteiger partial charge on any atom is 0.152 e. The summed E-state index contributed by atoms with van der Waals surface area (Å²) in [5, 5.41) is 0. The molecule has 2 aromatic carbocycles. The molecule has 0 fully saturated rings. The number of hydrogen-bond donors (Lipinski definition) is 0. The largest absolute Gasteiger partial charge is 0.298 e. The topological polar surface area (TPSA) is 17.1 Å². The van der Waals surface area contributed by atoms with Gasteiger partial charge in [-0.3, -0.25) is 4.79 Å². The Morgan fingerprint density at radius 1 is 1.06 bits per heavy atom. The molecule has 2 aromatic rings. The van der Waals surface area contributed by atoms with Gasteiger partial charge >= 0.3 is 0 Å². The third kappa shape index (κ3) is 2.56. The van der Waals surface area contributed by atoms with Crippen molar-refractivity contribution in [2.45, 2.75) is 4.90 Å². The van der Waals surface area contributed by atoms with E-state index in [1.165, 1.54) is 17.0 Å². The van der Waals surface area contributed by atoms with Crippen LogP contribution in [0.3, 0.4) is 0 Å². The minimum Gasteiger partial charge on any atom is -0.298 e. The lowest BCUT2D eigenvalue weighted by atomic mass is 10.0. The quantitative estimate of drug-likeness (QED) is 0.601. The molecule has 1 nitrogen and oxygen atoms in total. The number of benzene rings is 2. The SMILES string of the molecule is CSc1ccc(-c2ccc(C=O)c(F)c2)cc1. The molecule has 0 unspecified atom stereocenters. The van der Waals surface area contributed by atoms with Crippen LogP contribution in [0.2, 0.25) is 0 Å². The number of thioether (sulfide) groups is 1. The Labute approximate surface area is 104 Å². The second-order valence-corrected chi connectivity index (χ2v) is 4.46. The maximum absolute atomic E-state index is 13.4. The summed E-state index contributed by atoms with van der Waals surface area (Å²) >= 11 is 1.66. The summed E-state index contributed by atoms with van der Waals surface area (Å²) in [6.45, 7) is 0. The van der Waals surface area contributed by atoms with Gasteiger partial charge in [0.05, 0.1) is 5.56 Å². The van der Waals surface area contributed by atoms with Crippen molar-refractivity contribution in [3.05, 3.63) is 53.8 Å². The molecule has 0 aliphatic heterocycles. The van der Waals surface area contributed by atoms with Crippen LogP contribution in [0, 0.1) is 5.82 Å².